The second kappa shape index (κ2) is 9.10. The smallest absolute Gasteiger partial charge is 0.320 e. The molecule has 0 aromatic heterocycles. The fourth-order valence-electron chi connectivity index (χ4n) is 0.729. The molecule has 0 aromatic carbocycles. The summed E-state index contributed by atoms with van der Waals surface area (Å²) in [6.07, 6.45) is 5.45. The second-order valence-electron chi connectivity index (χ2n) is 2.66. The van der Waals surface area contributed by atoms with Crippen LogP contribution in [0.4, 0.5) is 0 Å². The van der Waals surface area contributed by atoms with Gasteiger partial charge in [-0.1, -0.05) is 26.2 Å². The summed E-state index contributed by atoms with van der Waals surface area (Å²) < 4.78 is 0. The van der Waals surface area contributed by atoms with Crippen LogP contribution in [0.3, 0.4) is 0 Å². The summed E-state index contributed by atoms with van der Waals surface area (Å²) >= 11 is 0. The van der Waals surface area contributed by atoms with Crippen LogP contribution in [0.5, 0.6) is 0 Å². The minimum Gasteiger partial charge on any atom is -0.320 e. The van der Waals surface area contributed by atoms with Crippen LogP contribution in [0.2, 0.25) is 0 Å². The molecule has 50 valence electrons. The van der Waals surface area contributed by atoms with E-state index >= 15 is 0 Å². The van der Waals surface area contributed by atoms with Gasteiger partial charge in [-0.3, -0.25) is 0 Å². The van der Waals surface area contributed by atoms with Crippen molar-refractivity contribution in [3.63, 3.8) is 0 Å². The number of rotatable bonds is 4. The molecule has 9 heavy (non-hydrogen) atoms. The molecule has 0 saturated heterocycles. The molecule has 0 aliphatic rings. The Morgan fingerprint density at radius 1 is 1.11 bits per heavy atom. The van der Waals surface area contributed by atoms with Gasteiger partial charge >= 0.3 is 32.7 Å². The van der Waals surface area contributed by atoms with Gasteiger partial charge < -0.3 is 5.92 Å². The molecule has 1 heteroatoms. The van der Waals surface area contributed by atoms with Gasteiger partial charge in [0.1, 0.15) is 0 Å². The van der Waals surface area contributed by atoms with E-state index in [0.29, 0.717) is 0 Å². The zero-order valence-electron chi connectivity index (χ0n) is 6.91. The fourth-order valence-corrected chi connectivity index (χ4v) is 0.729. The molecule has 0 aliphatic carbocycles. The number of hydrogen-bond acceptors (Lipinski definition) is 0. The van der Waals surface area contributed by atoms with E-state index in [9.17, 15) is 0 Å². The van der Waals surface area contributed by atoms with Crippen molar-refractivity contribution in [3.8, 4) is 0 Å². The van der Waals surface area contributed by atoms with Gasteiger partial charge in [-0.15, -0.1) is 0 Å². The molecular weight excluding hydrogens is 185 g/mol. The van der Waals surface area contributed by atoms with Gasteiger partial charge in [0.25, 0.3) is 0 Å². The average Bonchev–Trinajstić information content (AvgIpc) is 1.66. The Morgan fingerprint density at radius 2 is 1.67 bits per heavy atom. The third kappa shape index (κ3) is 12.3. The third-order valence-corrected chi connectivity index (χ3v) is 1.28. The van der Waals surface area contributed by atoms with E-state index in [0.717, 1.165) is 0 Å². The van der Waals surface area contributed by atoms with Crippen LogP contribution >= 0.6 is 0 Å². The first-order valence-corrected chi connectivity index (χ1v) is 3.56. The predicted molar refractivity (Wildman–Crippen MR) is 38.7 cm³/mol. The van der Waals surface area contributed by atoms with Crippen molar-refractivity contribution in [1.82, 2.24) is 0 Å². The topological polar surface area (TPSA) is 0 Å². The molecule has 0 heterocycles. The van der Waals surface area contributed by atoms with Crippen molar-refractivity contribution in [3.05, 3.63) is 5.92 Å². The van der Waals surface area contributed by atoms with Gasteiger partial charge in [0.05, 0.1) is 0 Å². The molecule has 0 spiro atoms. The molecular formula is C8H17Y+2. The van der Waals surface area contributed by atoms with Crippen LogP contribution in [0.15, 0.2) is 0 Å². The zero-order chi connectivity index (χ0) is 6.41. The summed E-state index contributed by atoms with van der Waals surface area (Å²) in [5.74, 6) is 1.57. The van der Waals surface area contributed by atoms with Crippen molar-refractivity contribution in [2.45, 2.75) is 46.5 Å². The molecule has 0 aliphatic heterocycles. The Morgan fingerprint density at radius 3 is 2.00 bits per heavy atom. The van der Waals surface area contributed by atoms with E-state index in [2.05, 4.69) is 20.8 Å². The van der Waals surface area contributed by atoms with Crippen molar-refractivity contribution in [2.75, 3.05) is 0 Å². The fraction of sp³-hybridized carbons (Fsp3) is 0.875. The maximum atomic E-state index is 2.24. The van der Waals surface area contributed by atoms with Crippen molar-refractivity contribution < 1.29 is 32.7 Å². The molecule has 0 saturated carbocycles. The van der Waals surface area contributed by atoms with Gasteiger partial charge in [-0.25, -0.2) is 0 Å². The molecule has 0 atom stereocenters. The maximum absolute atomic E-state index is 2.24. The SMILES string of the molecule is CCCCC[C-](C)C.[Y+3]. The Balaban J connectivity index is 0. The first-order chi connectivity index (χ1) is 3.77. The molecule has 0 unspecified atom stereocenters. The summed E-state index contributed by atoms with van der Waals surface area (Å²) in [5, 5.41) is 0. The normalized spacial score (nSPS) is 9.33. The Hall–Kier alpha value is 1.10. The van der Waals surface area contributed by atoms with E-state index in [1.807, 2.05) is 0 Å². The molecule has 0 nitrogen and oxygen atoms in total. The van der Waals surface area contributed by atoms with Crippen LogP contribution in [0.25, 0.3) is 0 Å². The minimum atomic E-state index is 0. The molecule has 0 bridgehead atoms. The van der Waals surface area contributed by atoms with E-state index in [-0.39, 0.29) is 32.7 Å². The quantitative estimate of drug-likeness (QED) is 0.485. The van der Waals surface area contributed by atoms with Crippen LogP contribution in [0, 0.1) is 5.92 Å². The van der Waals surface area contributed by atoms with Crippen LogP contribution < -0.4 is 0 Å². The Bertz CT molecular complexity index is 41.8. The van der Waals surface area contributed by atoms with Crippen molar-refractivity contribution >= 4 is 0 Å². The van der Waals surface area contributed by atoms with E-state index in [1.54, 1.807) is 5.92 Å². The summed E-state index contributed by atoms with van der Waals surface area (Å²) in [4.78, 5) is 0. The molecule has 0 radical (unpaired) electrons. The number of unbranched alkanes of at least 4 members (excludes halogenated alkanes) is 2. The van der Waals surface area contributed by atoms with Gasteiger partial charge in [0.2, 0.25) is 0 Å². The zero-order valence-corrected chi connectivity index (χ0v) is 9.74. The molecule has 0 amide bonds. The van der Waals surface area contributed by atoms with Crippen molar-refractivity contribution in [1.29, 1.82) is 0 Å². The maximum Gasteiger partial charge on any atom is 3.00 e. The van der Waals surface area contributed by atoms with E-state index in [1.165, 1.54) is 25.7 Å². The largest absolute Gasteiger partial charge is 3.00 e. The first kappa shape index (κ1) is 12.8. The van der Waals surface area contributed by atoms with Gasteiger partial charge in [-0.05, 0) is 0 Å². The van der Waals surface area contributed by atoms with Crippen LogP contribution in [0.1, 0.15) is 46.5 Å². The minimum absolute atomic E-state index is 0. The predicted octanol–water partition coefficient (Wildman–Crippen LogP) is 3.18. The third-order valence-electron chi connectivity index (χ3n) is 1.28. The average molecular weight is 202 g/mol. The number of hydrogen-bond donors (Lipinski definition) is 0. The van der Waals surface area contributed by atoms with Gasteiger partial charge in [-0.2, -0.15) is 20.3 Å². The van der Waals surface area contributed by atoms with Crippen LogP contribution in [-0.2, 0) is 32.7 Å². The molecule has 0 rings (SSSR count). The van der Waals surface area contributed by atoms with Crippen molar-refractivity contribution in [2.24, 2.45) is 0 Å². The Kier molecular flexibility index (Phi) is 12.9. The molecule has 0 N–H and O–H groups in total. The van der Waals surface area contributed by atoms with Crippen LogP contribution in [-0.4, -0.2) is 0 Å². The molecule has 0 fully saturated rings. The summed E-state index contributed by atoms with van der Waals surface area (Å²) in [5.41, 5.74) is 0. The van der Waals surface area contributed by atoms with E-state index < -0.39 is 0 Å². The van der Waals surface area contributed by atoms with E-state index in [4.69, 9.17) is 0 Å². The Labute approximate surface area is 84.7 Å². The summed E-state index contributed by atoms with van der Waals surface area (Å²) in [7, 11) is 0. The summed E-state index contributed by atoms with van der Waals surface area (Å²) in [6, 6.07) is 0. The molecule has 0 aromatic rings. The van der Waals surface area contributed by atoms with Gasteiger partial charge in [0, 0.05) is 0 Å². The second-order valence-corrected chi connectivity index (χ2v) is 2.66. The summed E-state index contributed by atoms with van der Waals surface area (Å²) in [6.45, 7) is 6.65. The standard InChI is InChI=1S/C8H17.Y/c1-4-5-6-7-8(2)3;/h4-7H2,1-3H3;/q-1;+3. The monoisotopic (exact) mass is 202 g/mol. The first-order valence-electron chi connectivity index (χ1n) is 3.56. The van der Waals surface area contributed by atoms with Gasteiger partial charge in [0.15, 0.2) is 0 Å².